The number of likely N-dealkylation sites (N-methyl/N-ethyl adjacent to an activating group) is 1. The highest BCUT2D eigenvalue weighted by Gasteiger charge is 2.11. The molecule has 0 radical (unpaired) electrons. The van der Waals surface area contributed by atoms with E-state index in [-0.39, 0.29) is 5.82 Å². The van der Waals surface area contributed by atoms with Gasteiger partial charge in [0.2, 0.25) is 0 Å². The Balaban J connectivity index is 2.58. The molecule has 0 bridgehead atoms. The number of nitrogens with one attached hydrogen (secondary N) is 1. The molecular formula is C14H21BrFNS. The molecule has 0 fully saturated rings. The zero-order valence-corrected chi connectivity index (χ0v) is 13.4. The summed E-state index contributed by atoms with van der Waals surface area (Å²) in [4.78, 5) is 0. The van der Waals surface area contributed by atoms with Crippen LogP contribution in [0.1, 0.15) is 25.8 Å². The van der Waals surface area contributed by atoms with E-state index in [0.29, 0.717) is 6.04 Å². The average Bonchev–Trinajstić information content (AvgIpc) is 2.33. The molecule has 18 heavy (non-hydrogen) atoms. The van der Waals surface area contributed by atoms with Gasteiger partial charge in [-0.1, -0.05) is 35.8 Å². The van der Waals surface area contributed by atoms with Gasteiger partial charge in [0.15, 0.2) is 0 Å². The standard InChI is InChI=1S/C14H21BrFNS/c1-3-7-18-10-13(17-4-2)8-11-5-6-12(15)9-14(11)16/h5-6,9,13,17H,3-4,7-8,10H2,1-2H3. The van der Waals surface area contributed by atoms with Crippen LogP contribution in [0.15, 0.2) is 22.7 Å². The monoisotopic (exact) mass is 333 g/mol. The first-order chi connectivity index (χ1) is 8.67. The van der Waals surface area contributed by atoms with Crippen molar-refractivity contribution in [2.24, 2.45) is 0 Å². The van der Waals surface area contributed by atoms with Gasteiger partial charge in [-0.25, -0.2) is 4.39 Å². The minimum absolute atomic E-state index is 0.118. The van der Waals surface area contributed by atoms with Crippen molar-refractivity contribution in [1.82, 2.24) is 5.32 Å². The quantitative estimate of drug-likeness (QED) is 0.713. The van der Waals surface area contributed by atoms with Gasteiger partial charge in [-0.3, -0.25) is 0 Å². The van der Waals surface area contributed by atoms with Crippen molar-refractivity contribution >= 4 is 27.7 Å². The van der Waals surface area contributed by atoms with Crippen LogP contribution in [0.3, 0.4) is 0 Å². The Kier molecular flexibility index (Phi) is 7.95. The molecule has 0 aliphatic heterocycles. The lowest BCUT2D eigenvalue weighted by Gasteiger charge is -2.18. The zero-order valence-electron chi connectivity index (χ0n) is 11.0. The molecule has 1 nitrogen and oxygen atoms in total. The molecule has 1 aromatic rings. The fourth-order valence-corrected chi connectivity index (χ4v) is 3.11. The molecule has 1 unspecified atom stereocenters. The topological polar surface area (TPSA) is 12.0 Å². The zero-order chi connectivity index (χ0) is 13.4. The molecule has 1 aromatic carbocycles. The summed E-state index contributed by atoms with van der Waals surface area (Å²) in [5.41, 5.74) is 0.793. The van der Waals surface area contributed by atoms with Gasteiger partial charge < -0.3 is 5.32 Å². The van der Waals surface area contributed by atoms with E-state index in [1.165, 1.54) is 18.2 Å². The van der Waals surface area contributed by atoms with Crippen molar-refractivity contribution in [3.63, 3.8) is 0 Å². The molecule has 102 valence electrons. The van der Waals surface area contributed by atoms with E-state index in [1.54, 1.807) is 0 Å². The maximum atomic E-state index is 13.8. The van der Waals surface area contributed by atoms with Crippen molar-refractivity contribution in [3.05, 3.63) is 34.1 Å². The summed E-state index contributed by atoms with van der Waals surface area (Å²) in [6, 6.07) is 5.66. The molecule has 4 heteroatoms. The van der Waals surface area contributed by atoms with E-state index in [9.17, 15) is 4.39 Å². The highest BCUT2D eigenvalue weighted by atomic mass is 79.9. The van der Waals surface area contributed by atoms with Crippen LogP contribution < -0.4 is 5.32 Å². The molecule has 0 aromatic heterocycles. The van der Waals surface area contributed by atoms with E-state index in [0.717, 1.165) is 28.8 Å². The summed E-state index contributed by atoms with van der Waals surface area (Å²) in [5, 5.41) is 3.43. The van der Waals surface area contributed by atoms with Crippen LogP contribution in [0.2, 0.25) is 0 Å². The van der Waals surface area contributed by atoms with Crippen molar-refractivity contribution < 1.29 is 4.39 Å². The van der Waals surface area contributed by atoms with Crippen LogP contribution in [0.25, 0.3) is 0 Å². The number of hydrogen-bond acceptors (Lipinski definition) is 2. The largest absolute Gasteiger partial charge is 0.313 e. The fraction of sp³-hybridized carbons (Fsp3) is 0.571. The van der Waals surface area contributed by atoms with Gasteiger partial charge in [-0.15, -0.1) is 0 Å². The minimum Gasteiger partial charge on any atom is -0.313 e. The Hall–Kier alpha value is -0.0600. The van der Waals surface area contributed by atoms with Crippen LogP contribution >= 0.6 is 27.7 Å². The van der Waals surface area contributed by atoms with Crippen LogP contribution in [0.4, 0.5) is 4.39 Å². The third-order valence-corrected chi connectivity index (χ3v) is 4.47. The minimum atomic E-state index is -0.118. The second-order valence-corrected chi connectivity index (χ2v) is 6.33. The molecule has 0 saturated heterocycles. The highest BCUT2D eigenvalue weighted by molar-refractivity contribution is 9.10. The lowest BCUT2D eigenvalue weighted by atomic mass is 10.1. The Labute approximate surface area is 122 Å². The maximum absolute atomic E-state index is 13.8. The number of halogens is 2. The lowest BCUT2D eigenvalue weighted by Crippen LogP contribution is -2.33. The van der Waals surface area contributed by atoms with E-state index >= 15 is 0 Å². The summed E-state index contributed by atoms with van der Waals surface area (Å²) in [5.74, 6) is 2.09. The predicted molar refractivity (Wildman–Crippen MR) is 82.9 cm³/mol. The number of benzene rings is 1. The Morgan fingerprint density at radius 3 is 2.78 bits per heavy atom. The van der Waals surface area contributed by atoms with Gasteiger partial charge in [-0.2, -0.15) is 11.8 Å². The van der Waals surface area contributed by atoms with E-state index in [2.05, 4.69) is 35.1 Å². The van der Waals surface area contributed by atoms with E-state index in [1.807, 2.05) is 23.9 Å². The van der Waals surface area contributed by atoms with Gasteiger partial charge in [0.05, 0.1) is 0 Å². The van der Waals surface area contributed by atoms with Gasteiger partial charge in [0.1, 0.15) is 5.82 Å². The highest BCUT2D eigenvalue weighted by Crippen LogP contribution is 2.18. The molecular weight excluding hydrogens is 313 g/mol. The smallest absolute Gasteiger partial charge is 0.127 e. The summed E-state index contributed by atoms with van der Waals surface area (Å²) in [6.45, 7) is 5.20. The number of thioether (sulfide) groups is 1. The summed E-state index contributed by atoms with van der Waals surface area (Å²) in [7, 11) is 0. The van der Waals surface area contributed by atoms with Crippen LogP contribution in [0.5, 0.6) is 0 Å². The second kappa shape index (κ2) is 8.94. The average molecular weight is 334 g/mol. The van der Waals surface area contributed by atoms with Gasteiger partial charge in [-0.05, 0) is 42.8 Å². The fourth-order valence-electron chi connectivity index (χ4n) is 1.80. The molecule has 0 saturated carbocycles. The normalized spacial score (nSPS) is 12.7. The van der Waals surface area contributed by atoms with Crippen molar-refractivity contribution in [2.45, 2.75) is 32.7 Å². The molecule has 0 spiro atoms. The maximum Gasteiger partial charge on any atom is 0.127 e. The molecule has 1 rings (SSSR count). The summed E-state index contributed by atoms with van der Waals surface area (Å²) >= 11 is 5.22. The summed E-state index contributed by atoms with van der Waals surface area (Å²) in [6.07, 6.45) is 1.94. The molecule has 1 N–H and O–H groups in total. The van der Waals surface area contributed by atoms with Gasteiger partial charge >= 0.3 is 0 Å². The van der Waals surface area contributed by atoms with Gasteiger partial charge in [0, 0.05) is 16.3 Å². The van der Waals surface area contributed by atoms with Gasteiger partial charge in [0.25, 0.3) is 0 Å². The number of rotatable bonds is 8. The van der Waals surface area contributed by atoms with E-state index in [4.69, 9.17) is 0 Å². The first kappa shape index (κ1) is 16.0. The molecule has 0 aliphatic carbocycles. The summed E-state index contributed by atoms with van der Waals surface area (Å²) < 4.78 is 14.6. The Bertz CT molecular complexity index is 360. The Morgan fingerprint density at radius 2 is 2.17 bits per heavy atom. The van der Waals surface area contributed by atoms with Crippen molar-refractivity contribution in [2.75, 3.05) is 18.1 Å². The third-order valence-electron chi connectivity index (χ3n) is 2.64. The first-order valence-electron chi connectivity index (χ1n) is 6.42. The number of hydrogen-bond donors (Lipinski definition) is 1. The molecule has 0 amide bonds. The third kappa shape index (κ3) is 5.72. The van der Waals surface area contributed by atoms with Crippen LogP contribution in [-0.4, -0.2) is 24.1 Å². The SMILES string of the molecule is CCCSCC(Cc1ccc(Br)cc1F)NCC. The van der Waals surface area contributed by atoms with E-state index < -0.39 is 0 Å². The molecule has 0 heterocycles. The Morgan fingerprint density at radius 1 is 1.39 bits per heavy atom. The van der Waals surface area contributed by atoms with Crippen molar-refractivity contribution in [3.8, 4) is 0 Å². The van der Waals surface area contributed by atoms with Crippen molar-refractivity contribution in [1.29, 1.82) is 0 Å². The molecule has 0 aliphatic rings. The first-order valence-corrected chi connectivity index (χ1v) is 8.37. The second-order valence-electron chi connectivity index (χ2n) is 4.27. The lowest BCUT2D eigenvalue weighted by molar-refractivity contribution is 0.545. The van der Waals surface area contributed by atoms with Crippen LogP contribution in [-0.2, 0) is 6.42 Å². The van der Waals surface area contributed by atoms with Crippen LogP contribution in [0, 0.1) is 5.82 Å². The predicted octanol–water partition coefficient (Wildman–Crippen LogP) is 4.25. The molecule has 1 atom stereocenters.